The van der Waals surface area contributed by atoms with Gasteiger partial charge in [-0.3, -0.25) is 4.68 Å². The zero-order valence-corrected chi connectivity index (χ0v) is 14.7. The Balaban J connectivity index is 2.31. The zero-order chi connectivity index (χ0) is 15.6. The summed E-state index contributed by atoms with van der Waals surface area (Å²) in [5.74, 6) is 0. The van der Waals surface area contributed by atoms with Gasteiger partial charge in [-0.15, -0.1) is 0 Å². The maximum atomic E-state index is 5.98. The molecule has 0 aliphatic carbocycles. The summed E-state index contributed by atoms with van der Waals surface area (Å²) in [5.41, 5.74) is 11.8. The lowest BCUT2D eigenvalue weighted by Gasteiger charge is -2.19. The molecule has 4 nitrogen and oxygen atoms in total. The summed E-state index contributed by atoms with van der Waals surface area (Å²) in [6.07, 6.45) is 2.97. The van der Waals surface area contributed by atoms with E-state index in [-0.39, 0.29) is 6.04 Å². The number of nitrogens with one attached hydrogen (secondary N) is 1. The van der Waals surface area contributed by atoms with E-state index in [0.717, 1.165) is 22.3 Å². The minimum Gasteiger partial charge on any atom is -0.377 e. The van der Waals surface area contributed by atoms with Gasteiger partial charge in [-0.25, -0.2) is 0 Å². The van der Waals surface area contributed by atoms with E-state index in [1.165, 1.54) is 16.7 Å². The van der Waals surface area contributed by atoms with Crippen LogP contribution in [0.25, 0.3) is 0 Å². The number of nitrogens with zero attached hydrogens (tertiary/aromatic N) is 2. The Morgan fingerprint density at radius 3 is 2.48 bits per heavy atom. The molecule has 0 aliphatic rings. The molecule has 0 bridgehead atoms. The summed E-state index contributed by atoms with van der Waals surface area (Å²) in [6, 6.07) is 4.36. The average Bonchev–Trinajstić information content (AvgIpc) is 2.83. The highest BCUT2D eigenvalue weighted by Gasteiger charge is 2.17. The number of aromatic nitrogens is 2. The first-order chi connectivity index (χ1) is 9.96. The van der Waals surface area contributed by atoms with Crippen molar-refractivity contribution in [2.45, 2.75) is 33.2 Å². The van der Waals surface area contributed by atoms with Crippen molar-refractivity contribution >= 4 is 21.6 Å². The van der Waals surface area contributed by atoms with Crippen LogP contribution in [-0.4, -0.2) is 16.3 Å². The fraction of sp³-hybridized carbons (Fsp3) is 0.438. The second-order valence-corrected chi connectivity index (χ2v) is 6.21. The molecule has 114 valence electrons. The average molecular weight is 351 g/mol. The summed E-state index contributed by atoms with van der Waals surface area (Å²) in [4.78, 5) is 0. The molecule has 1 heterocycles. The van der Waals surface area contributed by atoms with Crippen LogP contribution in [0.5, 0.6) is 0 Å². The summed E-state index contributed by atoms with van der Waals surface area (Å²) < 4.78 is 3.02. The van der Waals surface area contributed by atoms with Crippen molar-refractivity contribution in [3.05, 3.63) is 45.2 Å². The number of hydrogen-bond donors (Lipinski definition) is 2. The van der Waals surface area contributed by atoms with Crippen LogP contribution < -0.4 is 11.1 Å². The molecule has 2 aromatic rings. The minimum absolute atomic E-state index is 0.0774. The number of hydrogen-bond acceptors (Lipinski definition) is 3. The Morgan fingerprint density at radius 1 is 1.33 bits per heavy atom. The van der Waals surface area contributed by atoms with Crippen LogP contribution in [0, 0.1) is 13.8 Å². The first-order valence-electron chi connectivity index (χ1n) is 7.22. The van der Waals surface area contributed by atoms with Gasteiger partial charge in [0.05, 0.1) is 11.7 Å². The van der Waals surface area contributed by atoms with Crippen LogP contribution in [0.15, 0.2) is 22.8 Å². The van der Waals surface area contributed by atoms with Gasteiger partial charge in [-0.2, -0.15) is 5.10 Å². The van der Waals surface area contributed by atoms with Crippen molar-refractivity contribution in [2.24, 2.45) is 12.8 Å². The second-order valence-electron chi connectivity index (χ2n) is 5.42. The molecule has 0 saturated carbocycles. The van der Waals surface area contributed by atoms with E-state index in [0.29, 0.717) is 6.54 Å². The predicted octanol–water partition coefficient (Wildman–Crippen LogP) is 3.47. The quantitative estimate of drug-likeness (QED) is 0.867. The summed E-state index contributed by atoms with van der Waals surface area (Å²) >= 11 is 3.60. The molecule has 1 atom stereocenters. The number of rotatable bonds is 5. The zero-order valence-electron chi connectivity index (χ0n) is 13.1. The summed E-state index contributed by atoms with van der Waals surface area (Å²) in [6.45, 7) is 6.85. The molecule has 3 N–H and O–H groups in total. The van der Waals surface area contributed by atoms with Crippen LogP contribution in [-0.2, 0) is 13.5 Å². The number of benzene rings is 1. The standard InChI is InChI=1S/C16H23BrN4/c1-5-14-13(9-21(4)20-14)15(8-18)19-12-6-10(2)16(17)11(3)7-12/h6-7,9,15,19H,5,8,18H2,1-4H3. The fourth-order valence-corrected chi connectivity index (χ4v) is 2.84. The number of aryl methyl sites for hydroxylation is 4. The number of anilines is 1. The highest BCUT2D eigenvalue weighted by Crippen LogP contribution is 2.28. The smallest absolute Gasteiger partial charge is 0.0674 e. The number of nitrogens with two attached hydrogens (primary N) is 1. The Hall–Kier alpha value is -1.33. The molecular formula is C16H23BrN4. The molecule has 0 aliphatic heterocycles. The van der Waals surface area contributed by atoms with E-state index in [1.54, 1.807) is 0 Å². The molecule has 1 aromatic heterocycles. The van der Waals surface area contributed by atoms with Crippen LogP contribution >= 0.6 is 15.9 Å². The van der Waals surface area contributed by atoms with Gasteiger partial charge in [0.25, 0.3) is 0 Å². The van der Waals surface area contributed by atoms with Crippen molar-refractivity contribution in [3.8, 4) is 0 Å². The molecule has 0 saturated heterocycles. The predicted molar refractivity (Wildman–Crippen MR) is 91.6 cm³/mol. The molecular weight excluding hydrogens is 328 g/mol. The van der Waals surface area contributed by atoms with Crippen molar-refractivity contribution in [1.82, 2.24) is 9.78 Å². The highest BCUT2D eigenvalue weighted by atomic mass is 79.9. The maximum Gasteiger partial charge on any atom is 0.0674 e. The van der Waals surface area contributed by atoms with Crippen molar-refractivity contribution in [1.29, 1.82) is 0 Å². The Labute approximate surface area is 134 Å². The van der Waals surface area contributed by atoms with E-state index in [1.807, 2.05) is 11.7 Å². The molecule has 0 amide bonds. The molecule has 1 aromatic carbocycles. The van der Waals surface area contributed by atoms with Gasteiger partial charge < -0.3 is 11.1 Å². The Kier molecular flexibility index (Phi) is 5.06. The monoisotopic (exact) mass is 350 g/mol. The lowest BCUT2D eigenvalue weighted by atomic mass is 10.0. The van der Waals surface area contributed by atoms with E-state index in [9.17, 15) is 0 Å². The largest absolute Gasteiger partial charge is 0.377 e. The van der Waals surface area contributed by atoms with E-state index < -0.39 is 0 Å². The van der Waals surface area contributed by atoms with Crippen LogP contribution in [0.2, 0.25) is 0 Å². The maximum absolute atomic E-state index is 5.98. The molecule has 0 radical (unpaired) electrons. The van der Waals surface area contributed by atoms with Gasteiger partial charge in [0.15, 0.2) is 0 Å². The first-order valence-corrected chi connectivity index (χ1v) is 8.01. The van der Waals surface area contributed by atoms with Gasteiger partial charge in [0.2, 0.25) is 0 Å². The van der Waals surface area contributed by atoms with Crippen LogP contribution in [0.4, 0.5) is 5.69 Å². The van der Waals surface area contributed by atoms with Crippen molar-refractivity contribution in [2.75, 3.05) is 11.9 Å². The third-order valence-electron chi connectivity index (χ3n) is 3.66. The van der Waals surface area contributed by atoms with Gasteiger partial charge in [0.1, 0.15) is 0 Å². The van der Waals surface area contributed by atoms with Gasteiger partial charge >= 0.3 is 0 Å². The number of halogens is 1. The highest BCUT2D eigenvalue weighted by molar-refractivity contribution is 9.10. The fourth-order valence-electron chi connectivity index (χ4n) is 2.61. The third kappa shape index (κ3) is 3.47. The Morgan fingerprint density at radius 2 is 1.95 bits per heavy atom. The minimum atomic E-state index is 0.0774. The lowest BCUT2D eigenvalue weighted by molar-refractivity contribution is 0.746. The SMILES string of the molecule is CCc1nn(C)cc1C(CN)Nc1cc(C)c(Br)c(C)c1. The normalized spacial score (nSPS) is 12.5. The van der Waals surface area contributed by atoms with Crippen molar-refractivity contribution < 1.29 is 0 Å². The molecule has 0 fully saturated rings. The van der Waals surface area contributed by atoms with E-state index >= 15 is 0 Å². The van der Waals surface area contributed by atoms with Gasteiger partial charge in [-0.05, 0) is 43.5 Å². The molecule has 1 unspecified atom stereocenters. The second kappa shape index (κ2) is 6.62. The van der Waals surface area contributed by atoms with Crippen molar-refractivity contribution in [3.63, 3.8) is 0 Å². The van der Waals surface area contributed by atoms with Gasteiger partial charge in [-0.1, -0.05) is 22.9 Å². The summed E-state index contributed by atoms with van der Waals surface area (Å²) in [7, 11) is 1.95. The topological polar surface area (TPSA) is 55.9 Å². The molecule has 21 heavy (non-hydrogen) atoms. The van der Waals surface area contributed by atoms with E-state index in [2.05, 4.69) is 65.4 Å². The van der Waals surface area contributed by atoms with E-state index in [4.69, 9.17) is 5.73 Å². The van der Waals surface area contributed by atoms with Crippen LogP contribution in [0.1, 0.15) is 35.3 Å². The summed E-state index contributed by atoms with van der Waals surface area (Å²) in [5, 5.41) is 8.05. The molecule has 0 spiro atoms. The Bertz CT molecular complexity index is 610. The molecule has 5 heteroatoms. The van der Waals surface area contributed by atoms with Crippen LogP contribution in [0.3, 0.4) is 0 Å². The van der Waals surface area contributed by atoms with Gasteiger partial charge in [0, 0.05) is 35.5 Å². The lowest BCUT2D eigenvalue weighted by Crippen LogP contribution is -2.21. The molecule has 2 rings (SSSR count). The third-order valence-corrected chi connectivity index (χ3v) is 4.91. The first kappa shape index (κ1) is 16.0.